The predicted molar refractivity (Wildman–Crippen MR) is 80.4 cm³/mol. The highest BCUT2D eigenvalue weighted by Crippen LogP contribution is 2.20. The quantitative estimate of drug-likeness (QED) is 0.503. The van der Waals surface area contributed by atoms with Crippen LogP contribution in [-0.4, -0.2) is 45.1 Å². The van der Waals surface area contributed by atoms with Crippen LogP contribution < -0.4 is 5.32 Å². The molecule has 0 bridgehead atoms. The van der Waals surface area contributed by atoms with Crippen molar-refractivity contribution >= 4 is 40.9 Å². The van der Waals surface area contributed by atoms with E-state index in [0.29, 0.717) is 5.69 Å². The molecule has 0 spiro atoms. The molecule has 1 aromatic carbocycles. The Bertz CT molecular complexity index is 631. The summed E-state index contributed by atoms with van der Waals surface area (Å²) in [7, 11) is 0. The molecular formula is C13H13N3O5S. The molecule has 8 nitrogen and oxygen atoms in total. The van der Waals surface area contributed by atoms with Crippen LogP contribution in [0.4, 0.5) is 11.4 Å². The Kier molecular flexibility index (Phi) is 4.76. The zero-order chi connectivity index (χ0) is 16.3. The summed E-state index contributed by atoms with van der Waals surface area (Å²) in [6, 6.07) is 5.28. The average Bonchev–Trinajstić information content (AvgIpc) is 2.48. The van der Waals surface area contributed by atoms with E-state index in [1.165, 1.54) is 36.0 Å². The van der Waals surface area contributed by atoms with Crippen LogP contribution in [-0.2, 0) is 14.4 Å². The normalized spacial score (nSPS) is 18.2. The van der Waals surface area contributed by atoms with Gasteiger partial charge in [-0.1, -0.05) is 0 Å². The largest absolute Gasteiger partial charge is 0.325 e. The molecule has 9 heteroatoms. The van der Waals surface area contributed by atoms with Crippen molar-refractivity contribution in [1.29, 1.82) is 0 Å². The molecule has 1 atom stereocenters. The molecule has 1 heterocycles. The number of nitrogens with one attached hydrogen (secondary N) is 1. The number of nitrogens with zero attached hydrogens (tertiary/aromatic N) is 2. The summed E-state index contributed by atoms with van der Waals surface area (Å²) < 4.78 is 0. The minimum Gasteiger partial charge on any atom is -0.325 e. The smallest absolute Gasteiger partial charge is 0.269 e. The molecule has 1 aromatic rings. The Morgan fingerprint density at radius 1 is 1.41 bits per heavy atom. The Morgan fingerprint density at radius 2 is 2.05 bits per heavy atom. The molecule has 3 amide bonds. The number of benzene rings is 1. The van der Waals surface area contributed by atoms with Gasteiger partial charge in [0.2, 0.25) is 17.7 Å². The number of imide groups is 1. The number of hydrogen-bond acceptors (Lipinski definition) is 6. The summed E-state index contributed by atoms with van der Waals surface area (Å²) in [5, 5.41) is 12.7. The van der Waals surface area contributed by atoms with Gasteiger partial charge in [-0.05, 0) is 19.1 Å². The number of nitro groups is 1. The molecular weight excluding hydrogens is 310 g/mol. The van der Waals surface area contributed by atoms with Crippen LogP contribution in [0.25, 0.3) is 0 Å². The number of rotatable bonds is 4. The topological polar surface area (TPSA) is 110 Å². The van der Waals surface area contributed by atoms with Crippen molar-refractivity contribution in [2.24, 2.45) is 0 Å². The molecule has 0 saturated carbocycles. The zero-order valence-electron chi connectivity index (χ0n) is 11.6. The van der Waals surface area contributed by atoms with Gasteiger partial charge in [0.25, 0.3) is 5.69 Å². The fourth-order valence-electron chi connectivity index (χ4n) is 1.86. The van der Waals surface area contributed by atoms with Gasteiger partial charge in [-0.25, -0.2) is 0 Å². The van der Waals surface area contributed by atoms with Crippen molar-refractivity contribution in [2.45, 2.75) is 12.2 Å². The van der Waals surface area contributed by atoms with Crippen molar-refractivity contribution in [3.05, 3.63) is 34.4 Å². The summed E-state index contributed by atoms with van der Waals surface area (Å²) in [5.41, 5.74) is 0.264. The van der Waals surface area contributed by atoms with Crippen LogP contribution >= 0.6 is 11.8 Å². The number of carbonyl (C=O) groups is 3. The molecule has 0 radical (unpaired) electrons. The Morgan fingerprint density at radius 3 is 2.64 bits per heavy atom. The second kappa shape index (κ2) is 6.56. The Hall–Kier alpha value is -2.42. The summed E-state index contributed by atoms with van der Waals surface area (Å²) >= 11 is 1.24. The van der Waals surface area contributed by atoms with Gasteiger partial charge in [0.15, 0.2) is 0 Å². The van der Waals surface area contributed by atoms with Gasteiger partial charge >= 0.3 is 0 Å². The molecule has 116 valence electrons. The van der Waals surface area contributed by atoms with Crippen LogP contribution in [0.2, 0.25) is 0 Å². The lowest BCUT2D eigenvalue weighted by Crippen LogP contribution is -2.49. The average molecular weight is 323 g/mol. The van der Waals surface area contributed by atoms with Crippen LogP contribution in [0.3, 0.4) is 0 Å². The second-order valence-electron chi connectivity index (χ2n) is 4.62. The number of non-ortho nitro benzene ring substituents is 1. The molecule has 1 N–H and O–H groups in total. The minimum absolute atomic E-state index is 0.0924. The maximum atomic E-state index is 11.9. The molecule has 1 fully saturated rings. The SMILES string of the molecule is CC1SCC(=O)N(CC(=O)Nc2ccc([N+](=O)[O-])cc2)C1=O. The molecule has 22 heavy (non-hydrogen) atoms. The fraction of sp³-hybridized carbons (Fsp3) is 0.308. The maximum absolute atomic E-state index is 11.9. The van der Waals surface area contributed by atoms with E-state index in [-0.39, 0.29) is 29.1 Å². The molecule has 1 aliphatic heterocycles. The number of amides is 3. The van der Waals surface area contributed by atoms with E-state index in [2.05, 4.69) is 5.32 Å². The molecule has 1 aliphatic rings. The summed E-state index contributed by atoms with van der Waals surface area (Å²) in [6.45, 7) is 1.32. The maximum Gasteiger partial charge on any atom is 0.269 e. The van der Waals surface area contributed by atoms with E-state index >= 15 is 0 Å². The lowest BCUT2D eigenvalue weighted by atomic mass is 10.3. The van der Waals surface area contributed by atoms with Crippen LogP contribution in [0.15, 0.2) is 24.3 Å². The lowest BCUT2D eigenvalue weighted by Gasteiger charge is -2.27. The van der Waals surface area contributed by atoms with Crippen molar-refractivity contribution in [3.63, 3.8) is 0 Å². The third kappa shape index (κ3) is 3.61. The number of anilines is 1. The molecule has 0 aliphatic carbocycles. The van der Waals surface area contributed by atoms with E-state index in [1.54, 1.807) is 6.92 Å². The number of hydrogen-bond donors (Lipinski definition) is 1. The van der Waals surface area contributed by atoms with Gasteiger partial charge in [-0.3, -0.25) is 29.4 Å². The zero-order valence-corrected chi connectivity index (χ0v) is 12.5. The van der Waals surface area contributed by atoms with Gasteiger partial charge < -0.3 is 5.32 Å². The molecule has 1 unspecified atom stereocenters. The van der Waals surface area contributed by atoms with Gasteiger partial charge in [0, 0.05) is 17.8 Å². The first-order chi connectivity index (χ1) is 10.4. The third-order valence-corrected chi connectivity index (χ3v) is 4.15. The van der Waals surface area contributed by atoms with Crippen LogP contribution in [0.1, 0.15) is 6.92 Å². The highest BCUT2D eigenvalue weighted by molar-refractivity contribution is 8.01. The molecule has 0 aromatic heterocycles. The predicted octanol–water partition coefficient (Wildman–Crippen LogP) is 1.02. The summed E-state index contributed by atoms with van der Waals surface area (Å²) in [6.07, 6.45) is 0. The van der Waals surface area contributed by atoms with Gasteiger partial charge in [0.1, 0.15) is 6.54 Å². The van der Waals surface area contributed by atoms with Crippen molar-refractivity contribution < 1.29 is 19.3 Å². The van der Waals surface area contributed by atoms with Gasteiger partial charge in [0.05, 0.1) is 15.9 Å². The first kappa shape index (κ1) is 16.0. The first-order valence-corrected chi connectivity index (χ1v) is 7.43. The monoisotopic (exact) mass is 323 g/mol. The number of thioether (sulfide) groups is 1. The molecule has 1 saturated heterocycles. The van der Waals surface area contributed by atoms with Crippen molar-refractivity contribution in [1.82, 2.24) is 4.90 Å². The Balaban J connectivity index is 1.98. The van der Waals surface area contributed by atoms with Gasteiger partial charge in [-0.15, -0.1) is 11.8 Å². The standard InChI is InChI=1S/C13H13N3O5S/c1-8-13(19)15(12(18)7-22-8)6-11(17)14-9-2-4-10(5-3-9)16(20)21/h2-5,8H,6-7H2,1H3,(H,14,17). The first-order valence-electron chi connectivity index (χ1n) is 6.38. The lowest BCUT2D eigenvalue weighted by molar-refractivity contribution is -0.384. The van der Waals surface area contributed by atoms with Crippen LogP contribution in [0.5, 0.6) is 0 Å². The van der Waals surface area contributed by atoms with E-state index in [4.69, 9.17) is 0 Å². The number of carbonyl (C=O) groups excluding carboxylic acids is 3. The Labute approximate surface area is 130 Å². The van der Waals surface area contributed by atoms with Crippen molar-refractivity contribution in [3.8, 4) is 0 Å². The fourth-order valence-corrected chi connectivity index (χ4v) is 2.68. The highest BCUT2D eigenvalue weighted by Gasteiger charge is 2.33. The summed E-state index contributed by atoms with van der Waals surface area (Å²) in [4.78, 5) is 46.4. The van der Waals surface area contributed by atoms with E-state index in [9.17, 15) is 24.5 Å². The second-order valence-corrected chi connectivity index (χ2v) is 5.95. The van der Waals surface area contributed by atoms with E-state index < -0.39 is 16.7 Å². The van der Waals surface area contributed by atoms with E-state index in [0.717, 1.165) is 4.90 Å². The van der Waals surface area contributed by atoms with Crippen LogP contribution in [0, 0.1) is 10.1 Å². The van der Waals surface area contributed by atoms with Gasteiger partial charge in [-0.2, -0.15) is 0 Å². The minimum atomic E-state index is -0.546. The van der Waals surface area contributed by atoms with E-state index in [1.807, 2.05) is 0 Å². The molecule has 2 rings (SSSR count). The van der Waals surface area contributed by atoms with Crippen molar-refractivity contribution in [2.75, 3.05) is 17.6 Å². The number of nitro benzene ring substituents is 1. The summed E-state index contributed by atoms with van der Waals surface area (Å²) in [5.74, 6) is -1.15. The third-order valence-electron chi connectivity index (χ3n) is 3.04. The highest BCUT2D eigenvalue weighted by atomic mass is 32.2.